The summed E-state index contributed by atoms with van der Waals surface area (Å²) in [5, 5.41) is 39.2. The summed E-state index contributed by atoms with van der Waals surface area (Å²) >= 11 is 0. The summed E-state index contributed by atoms with van der Waals surface area (Å²) in [6.07, 6.45) is -8.50. The Kier molecular flexibility index (Phi) is 4.84. The molecule has 1 fully saturated rings. The number of aliphatic carboxylic acids is 1. The van der Waals surface area contributed by atoms with Gasteiger partial charge in [-0.25, -0.2) is 9.59 Å². The summed E-state index contributed by atoms with van der Waals surface area (Å²) in [5.41, 5.74) is -0.569. The zero-order valence-electron chi connectivity index (χ0n) is 12.8. The van der Waals surface area contributed by atoms with Crippen LogP contribution in [0, 0.1) is 0 Å². The number of carboxylic acid groups (broad SMARTS) is 1. The number of benzene rings is 1. The average molecular weight is 352 g/mol. The molecule has 2 heterocycles. The van der Waals surface area contributed by atoms with E-state index < -0.39 is 42.3 Å². The molecule has 4 N–H and O–H groups in total. The van der Waals surface area contributed by atoms with Gasteiger partial charge in [-0.3, -0.25) is 0 Å². The normalized spacial score (nSPS) is 29.6. The second kappa shape index (κ2) is 6.90. The van der Waals surface area contributed by atoms with Crippen molar-refractivity contribution >= 4 is 16.7 Å². The van der Waals surface area contributed by atoms with Crippen molar-refractivity contribution in [3.8, 4) is 0 Å². The van der Waals surface area contributed by atoms with E-state index in [9.17, 15) is 24.9 Å². The predicted octanol–water partition coefficient (Wildman–Crippen LogP) is -0.798. The number of hydrogen-bond donors (Lipinski definition) is 4. The molecule has 9 nitrogen and oxygen atoms in total. The van der Waals surface area contributed by atoms with Crippen LogP contribution in [0.3, 0.4) is 0 Å². The lowest BCUT2D eigenvalue weighted by molar-refractivity contribution is -0.297. The van der Waals surface area contributed by atoms with E-state index in [1.165, 1.54) is 0 Å². The quantitative estimate of drug-likeness (QED) is 0.555. The van der Waals surface area contributed by atoms with Crippen molar-refractivity contribution in [1.29, 1.82) is 0 Å². The maximum atomic E-state index is 11.9. The Morgan fingerprint density at radius 2 is 1.84 bits per heavy atom. The van der Waals surface area contributed by atoms with Crippen molar-refractivity contribution in [2.75, 3.05) is 0 Å². The lowest BCUT2D eigenvalue weighted by atomic mass is 9.99. The molecule has 134 valence electrons. The highest BCUT2D eigenvalue weighted by Crippen LogP contribution is 2.23. The summed E-state index contributed by atoms with van der Waals surface area (Å²) in [7, 11) is 0. The highest BCUT2D eigenvalue weighted by Gasteiger charge is 2.47. The first-order valence-corrected chi connectivity index (χ1v) is 7.44. The van der Waals surface area contributed by atoms with E-state index >= 15 is 0 Å². The molecule has 3 rings (SSSR count). The van der Waals surface area contributed by atoms with Crippen LogP contribution in [0.2, 0.25) is 0 Å². The molecule has 1 aliphatic heterocycles. The maximum absolute atomic E-state index is 11.9. The Labute approximate surface area is 140 Å². The van der Waals surface area contributed by atoms with Gasteiger partial charge in [0, 0.05) is 0 Å². The van der Waals surface area contributed by atoms with Crippen molar-refractivity contribution in [2.24, 2.45) is 0 Å². The lowest BCUT2D eigenvalue weighted by Gasteiger charge is -2.38. The van der Waals surface area contributed by atoms with Crippen molar-refractivity contribution in [3.05, 3.63) is 46.5 Å². The third-order valence-electron chi connectivity index (χ3n) is 3.92. The van der Waals surface area contributed by atoms with E-state index in [2.05, 4.69) is 0 Å². The molecular formula is C16H16O9. The van der Waals surface area contributed by atoms with Gasteiger partial charge in [-0.1, -0.05) is 18.2 Å². The van der Waals surface area contributed by atoms with Crippen LogP contribution in [0.5, 0.6) is 0 Å². The minimum absolute atomic E-state index is 0.131. The Hall–Kier alpha value is -2.30. The molecule has 0 spiro atoms. The molecule has 0 saturated carbocycles. The van der Waals surface area contributed by atoms with Gasteiger partial charge in [0.1, 0.15) is 30.7 Å². The van der Waals surface area contributed by atoms with E-state index in [4.69, 9.17) is 19.0 Å². The number of hydrogen-bond acceptors (Lipinski definition) is 8. The number of ether oxygens (including phenoxy) is 2. The van der Waals surface area contributed by atoms with E-state index in [0.29, 0.717) is 10.8 Å². The van der Waals surface area contributed by atoms with Crippen LogP contribution >= 0.6 is 0 Å². The van der Waals surface area contributed by atoms with Crippen molar-refractivity contribution in [3.63, 3.8) is 0 Å². The number of carbonyl (C=O) groups is 1. The van der Waals surface area contributed by atoms with Crippen LogP contribution in [-0.4, -0.2) is 57.1 Å². The number of aliphatic hydroxyl groups is 3. The fraction of sp³-hybridized carbons (Fsp3) is 0.375. The predicted molar refractivity (Wildman–Crippen MR) is 81.6 cm³/mol. The summed E-state index contributed by atoms with van der Waals surface area (Å²) < 4.78 is 15.3. The van der Waals surface area contributed by atoms with Gasteiger partial charge in [0.05, 0.1) is 5.39 Å². The van der Waals surface area contributed by atoms with Gasteiger partial charge < -0.3 is 34.3 Å². The zero-order chi connectivity index (χ0) is 18.1. The largest absolute Gasteiger partial charge is 0.479 e. The summed E-state index contributed by atoms with van der Waals surface area (Å²) in [4.78, 5) is 22.9. The van der Waals surface area contributed by atoms with Crippen LogP contribution in [0.25, 0.3) is 10.8 Å². The molecule has 1 aromatic heterocycles. The average Bonchev–Trinajstić information content (AvgIpc) is 2.59. The number of fused-ring (bicyclic) bond motifs is 1. The first-order chi connectivity index (χ1) is 11.9. The Balaban J connectivity index is 1.76. The standard InChI is InChI=1S/C16H16O9/c17-10-11(18)13(14(20)21)25-16(12(10)19)23-6-8-5-7-3-1-2-4-9(7)15(22)24-8/h1-5,10-13,16-19H,6H2,(H,20,21). The first kappa shape index (κ1) is 17.5. The van der Waals surface area contributed by atoms with Crippen LogP contribution in [0.4, 0.5) is 0 Å². The van der Waals surface area contributed by atoms with Crippen molar-refractivity contribution < 1.29 is 39.1 Å². The van der Waals surface area contributed by atoms with Gasteiger partial charge in [0.15, 0.2) is 12.4 Å². The van der Waals surface area contributed by atoms with Crippen LogP contribution < -0.4 is 5.63 Å². The van der Waals surface area contributed by atoms with Crippen molar-refractivity contribution in [1.82, 2.24) is 0 Å². The summed E-state index contributed by atoms with van der Waals surface area (Å²) in [6.45, 7) is -0.309. The fourth-order valence-corrected chi connectivity index (χ4v) is 2.61. The lowest BCUT2D eigenvalue weighted by Crippen LogP contribution is -2.60. The Morgan fingerprint density at radius 3 is 2.56 bits per heavy atom. The SMILES string of the molecule is O=C(O)C1OC(OCc2cc3ccccc3c(=O)o2)C(O)C(O)C1O. The van der Waals surface area contributed by atoms with Gasteiger partial charge >= 0.3 is 11.6 Å². The van der Waals surface area contributed by atoms with Gasteiger partial charge in [-0.05, 0) is 17.5 Å². The number of aliphatic hydroxyl groups excluding tert-OH is 3. The highest BCUT2D eigenvalue weighted by atomic mass is 16.7. The molecule has 0 aliphatic carbocycles. The zero-order valence-corrected chi connectivity index (χ0v) is 12.8. The molecule has 0 radical (unpaired) electrons. The fourth-order valence-electron chi connectivity index (χ4n) is 2.61. The minimum atomic E-state index is -1.80. The highest BCUT2D eigenvalue weighted by molar-refractivity contribution is 5.81. The second-order valence-electron chi connectivity index (χ2n) is 5.63. The van der Waals surface area contributed by atoms with Crippen LogP contribution in [-0.2, 0) is 20.9 Å². The van der Waals surface area contributed by atoms with E-state index in [1.807, 2.05) is 0 Å². The maximum Gasteiger partial charge on any atom is 0.343 e. The minimum Gasteiger partial charge on any atom is -0.479 e. The van der Waals surface area contributed by atoms with Crippen molar-refractivity contribution in [2.45, 2.75) is 37.3 Å². The topological polar surface area (TPSA) is 147 Å². The van der Waals surface area contributed by atoms with Gasteiger partial charge in [0.2, 0.25) is 0 Å². The third-order valence-corrected chi connectivity index (χ3v) is 3.92. The summed E-state index contributed by atoms with van der Waals surface area (Å²) in [5.74, 6) is -1.38. The van der Waals surface area contributed by atoms with E-state index in [-0.39, 0.29) is 12.4 Å². The molecule has 0 amide bonds. The van der Waals surface area contributed by atoms with Gasteiger partial charge in [-0.15, -0.1) is 0 Å². The Morgan fingerprint density at radius 1 is 1.12 bits per heavy atom. The second-order valence-corrected chi connectivity index (χ2v) is 5.63. The molecule has 1 saturated heterocycles. The van der Waals surface area contributed by atoms with Gasteiger partial charge in [-0.2, -0.15) is 0 Å². The van der Waals surface area contributed by atoms with Gasteiger partial charge in [0.25, 0.3) is 0 Å². The molecular weight excluding hydrogens is 336 g/mol. The molecule has 0 bridgehead atoms. The number of rotatable bonds is 4. The monoisotopic (exact) mass is 352 g/mol. The Bertz CT molecular complexity index is 830. The third kappa shape index (κ3) is 3.41. The summed E-state index contributed by atoms with van der Waals surface area (Å²) in [6, 6.07) is 8.32. The first-order valence-electron chi connectivity index (χ1n) is 7.44. The van der Waals surface area contributed by atoms with Crippen LogP contribution in [0.1, 0.15) is 5.76 Å². The molecule has 25 heavy (non-hydrogen) atoms. The molecule has 5 atom stereocenters. The molecule has 2 aromatic rings. The van der Waals surface area contributed by atoms with E-state index in [1.54, 1.807) is 30.3 Å². The smallest absolute Gasteiger partial charge is 0.343 e. The van der Waals surface area contributed by atoms with Crippen LogP contribution in [0.15, 0.2) is 39.5 Å². The molecule has 1 aliphatic rings. The molecule has 1 aromatic carbocycles. The number of carboxylic acids is 1. The van der Waals surface area contributed by atoms with E-state index in [0.717, 1.165) is 0 Å². The molecule has 5 unspecified atom stereocenters. The molecule has 9 heteroatoms.